The summed E-state index contributed by atoms with van der Waals surface area (Å²) in [4.78, 5) is 0.531. The Kier molecular flexibility index (Phi) is 4.17. The summed E-state index contributed by atoms with van der Waals surface area (Å²) in [6, 6.07) is 2.52. The van der Waals surface area contributed by atoms with Crippen LogP contribution in [0.3, 0.4) is 0 Å². The van der Waals surface area contributed by atoms with Crippen LogP contribution in [0.25, 0.3) is 0 Å². The zero-order valence-corrected chi connectivity index (χ0v) is 10.9. The molecule has 0 unspecified atom stereocenters. The molecule has 2 nitrogen and oxygen atoms in total. The van der Waals surface area contributed by atoms with Crippen LogP contribution in [0.4, 0.5) is 27.6 Å². The van der Waals surface area contributed by atoms with Crippen molar-refractivity contribution in [2.45, 2.75) is 31.6 Å². The first kappa shape index (κ1) is 15.0. The number of nitrogens with zero attached hydrogens (tertiary/aromatic N) is 1. The van der Waals surface area contributed by atoms with Gasteiger partial charge in [-0.05, 0) is 30.5 Å². The van der Waals surface area contributed by atoms with Gasteiger partial charge in [-0.25, -0.2) is 8.78 Å². The van der Waals surface area contributed by atoms with Crippen LogP contribution in [-0.4, -0.2) is 25.8 Å². The van der Waals surface area contributed by atoms with E-state index >= 15 is 0 Å². The monoisotopic (exact) mass is 294 g/mol. The van der Waals surface area contributed by atoms with E-state index in [1.807, 2.05) is 0 Å². The molecule has 0 amide bonds. The number of halogens is 5. The predicted octanol–water partition coefficient (Wildman–Crippen LogP) is 3.22. The van der Waals surface area contributed by atoms with E-state index in [1.54, 1.807) is 0 Å². The lowest BCUT2D eigenvalue weighted by atomic mass is 10.1. The molecule has 0 aromatic heterocycles. The molecule has 0 bridgehead atoms. The standard InChI is InChI=1S/C13H15F5N2/c1-20(7-13(16,17)18)12-10(14)4-8(5-11(12)15)6-19-9-2-3-9/h4-5,9,19H,2-3,6-7H2,1H3. The quantitative estimate of drug-likeness (QED) is 0.839. The van der Waals surface area contributed by atoms with Crippen LogP contribution < -0.4 is 10.2 Å². The predicted molar refractivity (Wildman–Crippen MR) is 65.5 cm³/mol. The average molecular weight is 294 g/mol. The van der Waals surface area contributed by atoms with Crippen molar-refractivity contribution >= 4 is 5.69 Å². The van der Waals surface area contributed by atoms with E-state index in [4.69, 9.17) is 0 Å². The van der Waals surface area contributed by atoms with Crippen molar-refractivity contribution in [3.63, 3.8) is 0 Å². The third-order valence-electron chi connectivity index (χ3n) is 3.05. The van der Waals surface area contributed by atoms with Gasteiger partial charge in [0.2, 0.25) is 0 Å². The van der Waals surface area contributed by atoms with E-state index in [0.717, 1.165) is 32.0 Å². The van der Waals surface area contributed by atoms with Gasteiger partial charge >= 0.3 is 6.18 Å². The van der Waals surface area contributed by atoms with Gasteiger partial charge in [-0.15, -0.1) is 0 Å². The van der Waals surface area contributed by atoms with Crippen LogP contribution >= 0.6 is 0 Å². The minimum absolute atomic E-state index is 0.307. The fourth-order valence-electron chi connectivity index (χ4n) is 1.98. The molecule has 20 heavy (non-hydrogen) atoms. The van der Waals surface area contributed by atoms with Crippen LogP contribution in [0.1, 0.15) is 18.4 Å². The molecule has 0 atom stereocenters. The van der Waals surface area contributed by atoms with Crippen LogP contribution in [0, 0.1) is 11.6 Å². The highest BCUT2D eigenvalue weighted by molar-refractivity contribution is 5.50. The van der Waals surface area contributed by atoms with Crippen molar-refractivity contribution in [2.75, 3.05) is 18.5 Å². The maximum Gasteiger partial charge on any atom is 0.405 e. The second-order valence-electron chi connectivity index (χ2n) is 5.03. The first-order valence-electron chi connectivity index (χ1n) is 6.25. The lowest BCUT2D eigenvalue weighted by Gasteiger charge is -2.22. The van der Waals surface area contributed by atoms with Gasteiger partial charge in [-0.2, -0.15) is 13.2 Å². The number of rotatable bonds is 5. The second-order valence-corrected chi connectivity index (χ2v) is 5.03. The Morgan fingerprint density at radius 1 is 1.20 bits per heavy atom. The van der Waals surface area contributed by atoms with Gasteiger partial charge in [0, 0.05) is 19.6 Å². The van der Waals surface area contributed by atoms with Gasteiger partial charge in [0.15, 0.2) is 0 Å². The van der Waals surface area contributed by atoms with Crippen molar-refractivity contribution in [2.24, 2.45) is 0 Å². The highest BCUT2D eigenvalue weighted by Gasteiger charge is 2.31. The Balaban J connectivity index is 2.12. The number of hydrogen-bond donors (Lipinski definition) is 1. The maximum atomic E-state index is 13.8. The minimum Gasteiger partial charge on any atom is -0.361 e. The fraction of sp³-hybridized carbons (Fsp3) is 0.538. The lowest BCUT2D eigenvalue weighted by Crippen LogP contribution is -2.32. The Morgan fingerprint density at radius 3 is 2.20 bits per heavy atom. The smallest absolute Gasteiger partial charge is 0.361 e. The van der Waals surface area contributed by atoms with Gasteiger partial charge in [-0.1, -0.05) is 0 Å². The Bertz CT molecular complexity index is 459. The minimum atomic E-state index is -4.51. The molecule has 0 aliphatic heterocycles. The highest BCUT2D eigenvalue weighted by atomic mass is 19.4. The van der Waals surface area contributed by atoms with Crippen molar-refractivity contribution in [1.82, 2.24) is 5.32 Å². The lowest BCUT2D eigenvalue weighted by molar-refractivity contribution is -0.119. The molecule has 1 fully saturated rings. The molecule has 1 aromatic carbocycles. The Labute approximate surface area is 113 Å². The summed E-state index contributed by atoms with van der Waals surface area (Å²) >= 11 is 0. The molecule has 7 heteroatoms. The molecule has 112 valence electrons. The molecule has 1 aliphatic rings. The normalized spacial score (nSPS) is 15.5. The number of hydrogen-bond acceptors (Lipinski definition) is 2. The molecular formula is C13H15F5N2. The summed E-state index contributed by atoms with van der Waals surface area (Å²) in [6.07, 6.45) is -2.44. The van der Waals surface area contributed by atoms with Crippen molar-refractivity contribution in [1.29, 1.82) is 0 Å². The topological polar surface area (TPSA) is 15.3 Å². The van der Waals surface area contributed by atoms with Crippen molar-refractivity contribution < 1.29 is 22.0 Å². The van der Waals surface area contributed by atoms with Crippen LogP contribution in [-0.2, 0) is 6.54 Å². The van der Waals surface area contributed by atoms with E-state index in [2.05, 4.69) is 5.32 Å². The molecule has 1 saturated carbocycles. The Morgan fingerprint density at radius 2 is 1.75 bits per heavy atom. The van der Waals surface area contributed by atoms with Crippen molar-refractivity contribution in [3.8, 4) is 0 Å². The van der Waals surface area contributed by atoms with E-state index < -0.39 is 30.0 Å². The summed E-state index contributed by atoms with van der Waals surface area (Å²) in [6.45, 7) is -1.09. The largest absolute Gasteiger partial charge is 0.405 e. The van der Waals surface area contributed by atoms with Gasteiger partial charge in [-0.3, -0.25) is 0 Å². The zero-order chi connectivity index (χ0) is 14.9. The number of nitrogens with one attached hydrogen (secondary N) is 1. The molecule has 0 spiro atoms. The third kappa shape index (κ3) is 4.06. The molecule has 1 aliphatic carbocycles. The average Bonchev–Trinajstić information content (AvgIpc) is 3.06. The molecule has 0 saturated heterocycles. The molecular weight excluding hydrogens is 279 g/mol. The zero-order valence-electron chi connectivity index (χ0n) is 10.9. The van der Waals surface area contributed by atoms with E-state index in [-0.39, 0.29) is 0 Å². The second kappa shape index (κ2) is 5.55. The highest BCUT2D eigenvalue weighted by Crippen LogP contribution is 2.27. The summed E-state index contributed by atoms with van der Waals surface area (Å²) in [7, 11) is 1.01. The molecule has 0 radical (unpaired) electrons. The van der Waals surface area contributed by atoms with Gasteiger partial charge in [0.05, 0.1) is 0 Å². The first-order valence-corrected chi connectivity index (χ1v) is 6.25. The van der Waals surface area contributed by atoms with Crippen LogP contribution in [0.15, 0.2) is 12.1 Å². The van der Waals surface area contributed by atoms with Crippen molar-refractivity contribution in [3.05, 3.63) is 29.3 Å². The van der Waals surface area contributed by atoms with Crippen LogP contribution in [0.5, 0.6) is 0 Å². The number of benzene rings is 1. The van der Waals surface area contributed by atoms with E-state index in [9.17, 15) is 22.0 Å². The molecule has 1 N–H and O–H groups in total. The summed E-state index contributed by atoms with van der Waals surface area (Å²) in [5.74, 6) is -1.96. The third-order valence-corrected chi connectivity index (χ3v) is 3.05. The molecule has 2 rings (SSSR count). The molecule has 1 aromatic rings. The maximum absolute atomic E-state index is 13.8. The number of anilines is 1. The number of alkyl halides is 3. The first-order chi connectivity index (χ1) is 9.26. The molecule has 0 heterocycles. The van der Waals surface area contributed by atoms with Crippen LogP contribution in [0.2, 0.25) is 0 Å². The fourth-order valence-corrected chi connectivity index (χ4v) is 1.98. The summed E-state index contributed by atoms with van der Waals surface area (Å²) < 4.78 is 64.4. The van der Waals surface area contributed by atoms with E-state index in [1.165, 1.54) is 0 Å². The summed E-state index contributed by atoms with van der Waals surface area (Å²) in [5.41, 5.74) is -0.270. The van der Waals surface area contributed by atoms with E-state index in [0.29, 0.717) is 23.0 Å². The van der Waals surface area contributed by atoms with Gasteiger partial charge in [0.25, 0.3) is 0 Å². The Hall–Kier alpha value is -1.37. The SMILES string of the molecule is CN(CC(F)(F)F)c1c(F)cc(CNC2CC2)cc1F. The van der Waals surface area contributed by atoms with Gasteiger partial charge < -0.3 is 10.2 Å². The van der Waals surface area contributed by atoms with Gasteiger partial charge in [0.1, 0.15) is 23.9 Å². The summed E-state index contributed by atoms with van der Waals surface area (Å²) in [5, 5.41) is 3.09.